The van der Waals surface area contributed by atoms with Crippen LogP contribution in [0.1, 0.15) is 48.0 Å². The zero-order chi connectivity index (χ0) is 16.9. The molecule has 1 aliphatic heterocycles. The normalized spacial score (nSPS) is 21.0. The Balaban J connectivity index is 1.52. The van der Waals surface area contributed by atoms with E-state index in [-0.39, 0.29) is 23.8 Å². The van der Waals surface area contributed by atoms with Crippen molar-refractivity contribution in [3.63, 3.8) is 0 Å². The largest absolute Gasteiger partial charge is 0.352 e. The van der Waals surface area contributed by atoms with E-state index < -0.39 is 0 Å². The molecule has 1 aromatic carbocycles. The molecule has 1 unspecified atom stereocenters. The third kappa shape index (κ3) is 3.96. The molecule has 0 aromatic heterocycles. The third-order valence-electron chi connectivity index (χ3n) is 5.30. The minimum absolute atomic E-state index is 0.0604. The lowest BCUT2D eigenvalue weighted by Gasteiger charge is -2.23. The van der Waals surface area contributed by atoms with Gasteiger partial charge in [-0.2, -0.15) is 0 Å². The summed E-state index contributed by atoms with van der Waals surface area (Å²) in [4.78, 5) is 26.4. The van der Waals surface area contributed by atoms with E-state index >= 15 is 0 Å². The molecule has 2 aliphatic rings. The first-order valence-corrected chi connectivity index (χ1v) is 8.99. The van der Waals surface area contributed by atoms with Crippen LogP contribution < -0.4 is 10.6 Å². The molecule has 0 bridgehead atoms. The molecule has 2 amide bonds. The topological polar surface area (TPSA) is 61.4 Å². The lowest BCUT2D eigenvalue weighted by atomic mass is 10.1. The first-order valence-electron chi connectivity index (χ1n) is 8.99. The molecule has 1 saturated carbocycles. The molecule has 24 heavy (non-hydrogen) atoms. The first kappa shape index (κ1) is 17.0. The van der Waals surface area contributed by atoms with Crippen molar-refractivity contribution in [2.24, 2.45) is 5.92 Å². The zero-order valence-electron chi connectivity index (χ0n) is 14.4. The second kappa shape index (κ2) is 7.79. The quantitative estimate of drug-likeness (QED) is 0.868. The van der Waals surface area contributed by atoms with Crippen LogP contribution in [0.15, 0.2) is 24.3 Å². The van der Waals surface area contributed by atoms with Crippen LogP contribution in [-0.2, 0) is 11.3 Å². The fourth-order valence-corrected chi connectivity index (χ4v) is 3.63. The van der Waals surface area contributed by atoms with Gasteiger partial charge in [-0.25, -0.2) is 0 Å². The summed E-state index contributed by atoms with van der Waals surface area (Å²) < 4.78 is 0. The summed E-state index contributed by atoms with van der Waals surface area (Å²) in [6.07, 6.45) is 5.37. The van der Waals surface area contributed by atoms with E-state index in [2.05, 4.69) is 10.6 Å². The molecule has 130 valence electrons. The summed E-state index contributed by atoms with van der Waals surface area (Å²) >= 11 is 0. The molecule has 2 N–H and O–H groups in total. The number of benzene rings is 1. The van der Waals surface area contributed by atoms with Crippen LogP contribution >= 0.6 is 0 Å². The van der Waals surface area contributed by atoms with Crippen LogP contribution in [0.4, 0.5) is 0 Å². The minimum Gasteiger partial charge on any atom is -0.352 e. The van der Waals surface area contributed by atoms with Crippen LogP contribution in [-0.4, -0.2) is 42.9 Å². The third-order valence-corrected chi connectivity index (χ3v) is 5.30. The molecule has 5 nitrogen and oxygen atoms in total. The highest BCUT2D eigenvalue weighted by atomic mass is 16.2. The molecule has 1 aromatic rings. The van der Waals surface area contributed by atoms with E-state index in [4.69, 9.17) is 0 Å². The van der Waals surface area contributed by atoms with E-state index in [0.29, 0.717) is 12.1 Å². The van der Waals surface area contributed by atoms with Crippen molar-refractivity contribution in [2.75, 3.05) is 20.1 Å². The summed E-state index contributed by atoms with van der Waals surface area (Å²) in [7, 11) is 1.87. The van der Waals surface area contributed by atoms with Crippen LogP contribution in [0, 0.1) is 5.92 Å². The fraction of sp³-hybridized carbons (Fsp3) is 0.579. The van der Waals surface area contributed by atoms with Gasteiger partial charge in [0.2, 0.25) is 5.91 Å². The Morgan fingerprint density at radius 2 is 1.88 bits per heavy atom. The van der Waals surface area contributed by atoms with Gasteiger partial charge >= 0.3 is 0 Å². The van der Waals surface area contributed by atoms with Gasteiger partial charge in [0.15, 0.2) is 0 Å². The average molecular weight is 329 g/mol. The van der Waals surface area contributed by atoms with Crippen molar-refractivity contribution in [3.05, 3.63) is 35.4 Å². The maximum atomic E-state index is 12.5. The highest BCUT2D eigenvalue weighted by molar-refractivity contribution is 5.94. The molecule has 0 spiro atoms. The smallest absolute Gasteiger partial charge is 0.253 e. The molecule has 1 heterocycles. The molecule has 1 saturated heterocycles. The summed E-state index contributed by atoms with van der Waals surface area (Å²) in [5, 5.41) is 6.30. The maximum absolute atomic E-state index is 12.5. The van der Waals surface area contributed by atoms with Gasteiger partial charge < -0.3 is 15.5 Å². The number of amides is 2. The van der Waals surface area contributed by atoms with Crippen molar-refractivity contribution in [3.8, 4) is 0 Å². The molecular formula is C19H27N3O2. The molecular weight excluding hydrogens is 302 g/mol. The number of hydrogen-bond acceptors (Lipinski definition) is 3. The Kier molecular flexibility index (Phi) is 5.51. The number of nitrogens with zero attached hydrogens (tertiary/aromatic N) is 1. The number of rotatable bonds is 5. The van der Waals surface area contributed by atoms with Crippen molar-refractivity contribution >= 4 is 11.8 Å². The number of carbonyl (C=O) groups excluding carboxylic acids is 2. The number of hydrogen-bond donors (Lipinski definition) is 2. The maximum Gasteiger partial charge on any atom is 0.253 e. The van der Waals surface area contributed by atoms with Crippen LogP contribution in [0.25, 0.3) is 0 Å². The van der Waals surface area contributed by atoms with Gasteiger partial charge in [0.25, 0.3) is 5.91 Å². The van der Waals surface area contributed by atoms with Crippen molar-refractivity contribution in [1.82, 2.24) is 15.5 Å². The predicted molar refractivity (Wildman–Crippen MR) is 93.6 cm³/mol. The highest BCUT2D eigenvalue weighted by Crippen LogP contribution is 2.24. The lowest BCUT2D eigenvalue weighted by molar-refractivity contribution is -0.124. The molecule has 0 radical (unpaired) electrons. The fourth-order valence-electron chi connectivity index (χ4n) is 3.63. The molecule has 1 atom stereocenters. The van der Waals surface area contributed by atoms with Crippen molar-refractivity contribution in [1.29, 1.82) is 0 Å². The van der Waals surface area contributed by atoms with Gasteiger partial charge in [-0.15, -0.1) is 0 Å². The standard InChI is InChI=1S/C19H27N3O2/c1-22(17-10-11-20-13-17)19(24)16-8-6-14(7-9-16)12-21-18(23)15-4-2-3-5-15/h6-9,15,17,20H,2-5,10-13H2,1H3,(H,21,23). The highest BCUT2D eigenvalue weighted by Gasteiger charge is 2.24. The zero-order valence-corrected chi connectivity index (χ0v) is 14.4. The molecule has 2 fully saturated rings. The van der Waals surface area contributed by atoms with Gasteiger partial charge in [0.1, 0.15) is 0 Å². The Morgan fingerprint density at radius 3 is 2.50 bits per heavy atom. The average Bonchev–Trinajstić information content (AvgIpc) is 3.32. The molecule has 5 heteroatoms. The van der Waals surface area contributed by atoms with Gasteiger partial charge in [0, 0.05) is 37.7 Å². The van der Waals surface area contributed by atoms with Crippen LogP contribution in [0.2, 0.25) is 0 Å². The Labute approximate surface area is 143 Å². The van der Waals surface area contributed by atoms with Crippen molar-refractivity contribution < 1.29 is 9.59 Å². The second-order valence-corrected chi connectivity index (χ2v) is 6.96. The SMILES string of the molecule is CN(C(=O)c1ccc(CNC(=O)C2CCCC2)cc1)C1CCNC1. The monoisotopic (exact) mass is 329 g/mol. The van der Waals surface area contributed by atoms with Gasteiger partial charge in [0.05, 0.1) is 0 Å². The Hall–Kier alpha value is -1.88. The van der Waals surface area contributed by atoms with Gasteiger partial charge in [-0.3, -0.25) is 9.59 Å². The summed E-state index contributed by atoms with van der Waals surface area (Å²) in [6, 6.07) is 7.87. The second-order valence-electron chi connectivity index (χ2n) is 6.96. The Bertz CT molecular complexity index is 573. The number of likely N-dealkylation sites (N-methyl/N-ethyl adjacent to an activating group) is 1. The van der Waals surface area contributed by atoms with Crippen LogP contribution in [0.3, 0.4) is 0 Å². The van der Waals surface area contributed by atoms with Crippen molar-refractivity contribution in [2.45, 2.75) is 44.7 Å². The number of nitrogens with one attached hydrogen (secondary N) is 2. The minimum atomic E-state index is 0.0604. The summed E-state index contributed by atoms with van der Waals surface area (Å²) in [5.74, 6) is 0.422. The summed E-state index contributed by atoms with van der Waals surface area (Å²) in [6.45, 7) is 2.38. The number of carbonyl (C=O) groups is 2. The predicted octanol–water partition coefficient (Wildman–Crippen LogP) is 1.93. The van der Waals surface area contributed by atoms with Crippen LogP contribution in [0.5, 0.6) is 0 Å². The van der Waals surface area contributed by atoms with E-state index in [1.165, 1.54) is 12.8 Å². The summed E-state index contributed by atoms with van der Waals surface area (Å²) in [5.41, 5.74) is 1.73. The van der Waals surface area contributed by atoms with Gasteiger partial charge in [-0.1, -0.05) is 25.0 Å². The Morgan fingerprint density at radius 1 is 1.17 bits per heavy atom. The van der Waals surface area contributed by atoms with E-state index in [0.717, 1.165) is 37.9 Å². The molecule has 3 rings (SSSR count). The molecule has 1 aliphatic carbocycles. The first-order chi connectivity index (χ1) is 11.6. The van der Waals surface area contributed by atoms with E-state index in [9.17, 15) is 9.59 Å². The van der Waals surface area contributed by atoms with Gasteiger partial charge in [-0.05, 0) is 43.5 Å². The van der Waals surface area contributed by atoms with E-state index in [1.807, 2.05) is 36.2 Å². The lowest BCUT2D eigenvalue weighted by Crippen LogP contribution is -2.38. The van der Waals surface area contributed by atoms with E-state index in [1.54, 1.807) is 0 Å².